The normalized spacial score (nSPS) is 22.7. The average Bonchev–Trinajstić information content (AvgIpc) is 1.69. The maximum atomic E-state index is 8.41. The first kappa shape index (κ1) is 6.12. The van der Waals surface area contributed by atoms with Gasteiger partial charge >= 0.3 is 7.32 Å². The molecule has 0 bridgehead atoms. The van der Waals surface area contributed by atoms with Crippen molar-refractivity contribution in [2.45, 2.75) is 0 Å². The molecule has 1 N–H and O–H groups in total. The summed E-state index contributed by atoms with van der Waals surface area (Å²) in [6.07, 6.45) is 0. The summed E-state index contributed by atoms with van der Waals surface area (Å²) in [6.45, 7) is 0. The highest BCUT2D eigenvalue weighted by molar-refractivity contribution is 9.08. The van der Waals surface area contributed by atoms with Crippen molar-refractivity contribution >= 4 is 39.3 Å². The van der Waals surface area contributed by atoms with E-state index < -0.39 is 7.32 Å². The van der Waals surface area contributed by atoms with E-state index in [2.05, 4.69) is 8.20 Å². The summed E-state index contributed by atoms with van der Waals surface area (Å²) in [7, 11) is 0.269. The van der Waals surface area contributed by atoms with Gasteiger partial charge in [0.1, 0.15) is 0 Å². The Morgan fingerprint density at radius 3 is 2.14 bits per heavy atom. The summed E-state index contributed by atoms with van der Waals surface area (Å²) in [5.74, 6) is 0. The van der Waals surface area contributed by atoms with Crippen molar-refractivity contribution in [3.63, 3.8) is 0 Å². The van der Waals surface area contributed by atoms with Crippen LogP contribution in [0.5, 0.6) is 0 Å². The Bertz CT molecular complexity index is 52.1. The number of hydrogen-bond donors (Lipinski definition) is 1. The molecule has 1 aliphatic heterocycles. The first-order chi connectivity index (χ1) is 3.39. The predicted molar refractivity (Wildman–Crippen MR) is 32.9 cm³/mol. The van der Waals surface area contributed by atoms with Gasteiger partial charge in [0.25, 0.3) is 0 Å². The summed E-state index contributed by atoms with van der Waals surface area (Å²) >= 11 is 2.22. The number of rotatable bonds is 0. The van der Waals surface area contributed by atoms with Gasteiger partial charge in [0, 0.05) is 9.83 Å². The average molecular weight is 156 g/mol. The zero-order chi connectivity index (χ0) is 5.11. The van der Waals surface area contributed by atoms with Crippen LogP contribution in [0.25, 0.3) is 0 Å². The molecule has 1 heterocycles. The molecule has 7 heteroatoms. The van der Waals surface area contributed by atoms with Crippen LogP contribution in [0, 0.1) is 0 Å². The first-order valence-corrected chi connectivity index (χ1v) is 4.73. The van der Waals surface area contributed by atoms with Crippen LogP contribution in [0.1, 0.15) is 0 Å². The lowest BCUT2D eigenvalue weighted by atomic mass is 10.3. The lowest BCUT2D eigenvalue weighted by Gasteiger charge is -2.08. The van der Waals surface area contributed by atoms with Gasteiger partial charge < -0.3 is 13.2 Å². The molecule has 0 amide bonds. The van der Waals surface area contributed by atoms with Crippen molar-refractivity contribution < 1.29 is 13.2 Å². The van der Waals surface area contributed by atoms with E-state index in [9.17, 15) is 0 Å². The van der Waals surface area contributed by atoms with Crippen molar-refractivity contribution in [2.24, 2.45) is 0 Å². The summed E-state index contributed by atoms with van der Waals surface area (Å²) in [4.78, 5) is 0. The van der Waals surface area contributed by atoms with Crippen LogP contribution in [0.3, 0.4) is 0 Å². The Morgan fingerprint density at radius 1 is 1.29 bits per heavy atom. The van der Waals surface area contributed by atoms with E-state index in [1.165, 1.54) is 9.83 Å². The predicted octanol–water partition coefficient (Wildman–Crippen LogP) is 0.870. The lowest BCUT2D eigenvalue weighted by Crippen LogP contribution is -2.16. The molecule has 1 saturated heterocycles. The van der Waals surface area contributed by atoms with E-state index in [0.717, 1.165) is 22.1 Å². The Kier molecular flexibility index (Phi) is 2.72. The monoisotopic (exact) mass is 156 g/mol. The molecular formula is HBO3S3. The van der Waals surface area contributed by atoms with E-state index in [4.69, 9.17) is 5.02 Å². The highest BCUT2D eigenvalue weighted by atomic mass is 33.5. The summed E-state index contributed by atoms with van der Waals surface area (Å²) < 4.78 is 8.94. The Hall–Kier alpha value is 0.995. The summed E-state index contributed by atoms with van der Waals surface area (Å²) in [5.41, 5.74) is 0. The van der Waals surface area contributed by atoms with E-state index >= 15 is 0 Å². The zero-order valence-electron chi connectivity index (χ0n) is 3.07. The quantitative estimate of drug-likeness (QED) is 0.318. The molecule has 0 aromatic rings. The van der Waals surface area contributed by atoms with E-state index in [-0.39, 0.29) is 0 Å². The summed E-state index contributed by atoms with van der Waals surface area (Å²) in [5, 5.41) is 8.41. The topological polar surface area (TPSA) is 38.7 Å². The third-order valence-corrected chi connectivity index (χ3v) is 2.70. The van der Waals surface area contributed by atoms with Crippen LogP contribution in [0.4, 0.5) is 0 Å². The minimum atomic E-state index is -1.06. The van der Waals surface area contributed by atoms with Crippen LogP contribution in [-0.4, -0.2) is 12.3 Å². The van der Waals surface area contributed by atoms with Gasteiger partial charge in [-0.25, -0.2) is 0 Å². The molecule has 0 aromatic carbocycles. The maximum absolute atomic E-state index is 8.41. The minimum Gasteiger partial charge on any atom is -0.400 e. The first-order valence-electron chi connectivity index (χ1n) is 1.40. The Labute approximate surface area is 52.9 Å². The molecule has 0 saturated carbocycles. The van der Waals surface area contributed by atoms with Crippen LogP contribution < -0.4 is 0 Å². The molecule has 0 spiro atoms. The number of hydrogen-bond acceptors (Lipinski definition) is 6. The van der Waals surface area contributed by atoms with Gasteiger partial charge in [-0.3, -0.25) is 0 Å². The molecule has 3 nitrogen and oxygen atoms in total. The largest absolute Gasteiger partial charge is 0.661 e. The molecule has 1 aliphatic rings. The minimum absolute atomic E-state index is 1.06. The van der Waals surface area contributed by atoms with E-state index in [1.54, 1.807) is 0 Å². The van der Waals surface area contributed by atoms with Crippen molar-refractivity contribution in [2.75, 3.05) is 0 Å². The maximum Gasteiger partial charge on any atom is 0.661 e. The molecule has 1 fully saturated rings. The Balaban J connectivity index is 2.12. The van der Waals surface area contributed by atoms with E-state index in [0.29, 0.717) is 0 Å². The third kappa shape index (κ3) is 2.16. The lowest BCUT2D eigenvalue weighted by molar-refractivity contribution is 0.344. The molecule has 40 valence electrons. The van der Waals surface area contributed by atoms with Gasteiger partial charge in [-0.15, -0.1) is 0 Å². The van der Waals surface area contributed by atoms with Gasteiger partial charge in [-0.05, 0) is 0 Å². The van der Waals surface area contributed by atoms with Crippen LogP contribution >= 0.6 is 32.0 Å². The SMILES string of the molecule is OB1OSSSO1. The van der Waals surface area contributed by atoms with Crippen molar-refractivity contribution in [3.05, 3.63) is 0 Å². The van der Waals surface area contributed by atoms with Gasteiger partial charge in [-0.2, -0.15) is 0 Å². The molecule has 7 heavy (non-hydrogen) atoms. The highest BCUT2D eigenvalue weighted by Gasteiger charge is 2.22. The zero-order valence-corrected chi connectivity index (χ0v) is 5.52. The molecule has 1 rings (SSSR count). The van der Waals surface area contributed by atoms with Crippen LogP contribution in [0.2, 0.25) is 0 Å². The fraction of sp³-hybridized carbons (Fsp3) is 0. The second-order valence-electron chi connectivity index (χ2n) is 0.704. The summed E-state index contributed by atoms with van der Waals surface area (Å²) in [6, 6.07) is 0. The van der Waals surface area contributed by atoms with Crippen molar-refractivity contribution in [1.29, 1.82) is 0 Å². The van der Waals surface area contributed by atoms with Crippen LogP contribution in [-0.2, 0) is 8.20 Å². The van der Waals surface area contributed by atoms with Gasteiger partial charge in [-0.1, -0.05) is 0 Å². The van der Waals surface area contributed by atoms with Crippen molar-refractivity contribution in [3.8, 4) is 0 Å². The molecule has 0 aromatic heterocycles. The van der Waals surface area contributed by atoms with E-state index in [1.807, 2.05) is 0 Å². The van der Waals surface area contributed by atoms with Gasteiger partial charge in [0.05, 0.1) is 22.1 Å². The second kappa shape index (κ2) is 3.11. The smallest absolute Gasteiger partial charge is 0.400 e. The fourth-order valence-electron chi connectivity index (χ4n) is 0.127. The van der Waals surface area contributed by atoms with Crippen LogP contribution in [0.15, 0.2) is 0 Å². The van der Waals surface area contributed by atoms with Gasteiger partial charge in [0.2, 0.25) is 0 Å². The van der Waals surface area contributed by atoms with Gasteiger partial charge in [0.15, 0.2) is 0 Å². The molecule has 0 aliphatic carbocycles. The molecular weight excluding hydrogens is 155 g/mol. The fourth-order valence-corrected chi connectivity index (χ4v) is 1.92. The molecule has 0 radical (unpaired) electrons. The molecule has 0 atom stereocenters. The second-order valence-corrected chi connectivity index (χ2v) is 3.95. The third-order valence-electron chi connectivity index (χ3n) is 0.299. The molecule has 0 unspecified atom stereocenters. The Morgan fingerprint density at radius 2 is 1.86 bits per heavy atom. The standard InChI is InChI=1S/BHO3S3/c2-1-3-5-7-6-4-1/h2H. The van der Waals surface area contributed by atoms with Crippen molar-refractivity contribution in [1.82, 2.24) is 0 Å². The highest BCUT2D eigenvalue weighted by Crippen LogP contribution is 2.40.